The van der Waals surface area contributed by atoms with Gasteiger partial charge in [-0.25, -0.2) is 0 Å². The highest BCUT2D eigenvalue weighted by atomic mass is 16.5. The van der Waals surface area contributed by atoms with Gasteiger partial charge in [-0.05, 0) is 30.7 Å². The van der Waals surface area contributed by atoms with Gasteiger partial charge in [0.15, 0.2) is 0 Å². The summed E-state index contributed by atoms with van der Waals surface area (Å²) in [6.45, 7) is 3.02. The lowest BCUT2D eigenvalue weighted by Crippen LogP contribution is -2.32. The highest BCUT2D eigenvalue weighted by Gasteiger charge is 2.21. The van der Waals surface area contributed by atoms with Gasteiger partial charge in [0.05, 0.1) is 13.7 Å². The number of aliphatic hydroxyl groups is 1. The lowest BCUT2D eigenvalue weighted by Gasteiger charge is -2.25. The number of hydrogen-bond donors (Lipinski definition) is 2. The Balaban J connectivity index is 2.40. The van der Waals surface area contributed by atoms with E-state index in [1.165, 1.54) is 0 Å². The van der Waals surface area contributed by atoms with E-state index in [2.05, 4.69) is 0 Å². The molecule has 4 heteroatoms. The van der Waals surface area contributed by atoms with Crippen LogP contribution >= 0.6 is 0 Å². The van der Waals surface area contributed by atoms with E-state index < -0.39 is 0 Å². The Hall–Kier alpha value is -1.26. The quantitative estimate of drug-likeness (QED) is 0.755. The Morgan fingerprint density at radius 2 is 1.82 bits per heavy atom. The summed E-state index contributed by atoms with van der Waals surface area (Å²) in [6, 6.07) is 7.42. The van der Waals surface area contributed by atoms with Gasteiger partial charge in [-0.3, -0.25) is 0 Å². The van der Waals surface area contributed by atoms with Gasteiger partial charge in [0.25, 0.3) is 0 Å². The molecule has 1 atom stereocenters. The zero-order valence-electron chi connectivity index (χ0n) is 10.5. The second-order valence-electron chi connectivity index (χ2n) is 4.45. The van der Waals surface area contributed by atoms with Crippen LogP contribution in [0.15, 0.2) is 24.3 Å². The van der Waals surface area contributed by atoms with Crippen molar-refractivity contribution in [1.82, 2.24) is 0 Å². The molecule has 0 fully saturated rings. The summed E-state index contributed by atoms with van der Waals surface area (Å²) >= 11 is 0. The van der Waals surface area contributed by atoms with Crippen LogP contribution in [0.25, 0.3) is 0 Å². The second-order valence-corrected chi connectivity index (χ2v) is 4.45. The van der Waals surface area contributed by atoms with E-state index in [0.717, 1.165) is 17.9 Å². The summed E-state index contributed by atoms with van der Waals surface area (Å²) in [7, 11) is 1.63. The normalized spacial score (nSPS) is 14.1. The molecule has 0 spiro atoms. The van der Waals surface area contributed by atoms with E-state index in [1.54, 1.807) is 7.11 Å². The molecule has 96 valence electrons. The number of ether oxygens (including phenoxy) is 2. The average molecular weight is 239 g/mol. The molecule has 0 aliphatic rings. The molecule has 1 rings (SSSR count). The molecule has 0 radical (unpaired) electrons. The van der Waals surface area contributed by atoms with Crippen molar-refractivity contribution in [2.75, 3.05) is 26.9 Å². The molecule has 0 aromatic heterocycles. The Kier molecular flexibility index (Phi) is 5.25. The van der Waals surface area contributed by atoms with Crippen LogP contribution < -0.4 is 15.2 Å². The minimum absolute atomic E-state index is 0.0788. The SMILES string of the molecule is COc1ccc(OCCC(C)(CN)CO)cc1. The van der Waals surface area contributed by atoms with E-state index in [9.17, 15) is 5.11 Å². The molecule has 1 aromatic rings. The summed E-state index contributed by atoms with van der Waals surface area (Å²) in [6.07, 6.45) is 0.728. The van der Waals surface area contributed by atoms with Crippen LogP contribution in [0, 0.1) is 5.41 Å². The predicted octanol–water partition coefficient (Wildman–Crippen LogP) is 1.42. The molecule has 0 aliphatic carbocycles. The van der Waals surface area contributed by atoms with Gasteiger partial charge in [0.2, 0.25) is 0 Å². The third-order valence-corrected chi connectivity index (χ3v) is 2.91. The Morgan fingerprint density at radius 1 is 1.24 bits per heavy atom. The van der Waals surface area contributed by atoms with Gasteiger partial charge in [-0.1, -0.05) is 6.92 Å². The van der Waals surface area contributed by atoms with Crippen LogP contribution in [-0.2, 0) is 0 Å². The number of aliphatic hydroxyl groups excluding tert-OH is 1. The molecule has 1 unspecified atom stereocenters. The van der Waals surface area contributed by atoms with Gasteiger partial charge >= 0.3 is 0 Å². The predicted molar refractivity (Wildman–Crippen MR) is 67.4 cm³/mol. The zero-order valence-corrected chi connectivity index (χ0v) is 10.5. The van der Waals surface area contributed by atoms with Gasteiger partial charge in [-0.15, -0.1) is 0 Å². The maximum Gasteiger partial charge on any atom is 0.119 e. The Bertz CT molecular complexity index is 320. The zero-order chi connectivity index (χ0) is 12.7. The number of rotatable bonds is 7. The summed E-state index contributed by atoms with van der Waals surface area (Å²) in [4.78, 5) is 0. The molecule has 0 saturated heterocycles. The summed E-state index contributed by atoms with van der Waals surface area (Å²) in [5.41, 5.74) is 5.35. The maximum atomic E-state index is 9.20. The monoisotopic (exact) mass is 239 g/mol. The summed E-state index contributed by atoms with van der Waals surface area (Å²) < 4.78 is 10.6. The van der Waals surface area contributed by atoms with Gasteiger partial charge in [0.1, 0.15) is 11.5 Å². The average Bonchev–Trinajstić information content (AvgIpc) is 2.39. The van der Waals surface area contributed by atoms with Crippen LogP contribution in [0.4, 0.5) is 0 Å². The van der Waals surface area contributed by atoms with E-state index >= 15 is 0 Å². The minimum atomic E-state index is -0.257. The van der Waals surface area contributed by atoms with Crippen LogP contribution in [0.1, 0.15) is 13.3 Å². The summed E-state index contributed by atoms with van der Waals surface area (Å²) in [5.74, 6) is 1.60. The van der Waals surface area contributed by atoms with Crippen molar-refractivity contribution in [3.05, 3.63) is 24.3 Å². The highest BCUT2D eigenvalue weighted by Crippen LogP contribution is 2.21. The van der Waals surface area contributed by atoms with Crippen LogP contribution in [0.5, 0.6) is 11.5 Å². The molecule has 0 bridgehead atoms. The largest absolute Gasteiger partial charge is 0.497 e. The molecule has 0 amide bonds. The molecule has 0 saturated carbocycles. The molecule has 0 heterocycles. The van der Waals surface area contributed by atoms with Crippen molar-refractivity contribution in [3.63, 3.8) is 0 Å². The second kappa shape index (κ2) is 6.47. The molecular weight excluding hydrogens is 218 g/mol. The van der Waals surface area contributed by atoms with Crippen molar-refractivity contribution in [2.24, 2.45) is 11.1 Å². The Labute approximate surface area is 102 Å². The van der Waals surface area contributed by atoms with Crippen molar-refractivity contribution in [2.45, 2.75) is 13.3 Å². The number of methoxy groups -OCH3 is 1. The van der Waals surface area contributed by atoms with Crippen molar-refractivity contribution in [3.8, 4) is 11.5 Å². The fourth-order valence-corrected chi connectivity index (χ4v) is 1.33. The van der Waals surface area contributed by atoms with E-state index in [4.69, 9.17) is 15.2 Å². The smallest absolute Gasteiger partial charge is 0.119 e. The molecule has 1 aromatic carbocycles. The third kappa shape index (κ3) is 4.24. The van der Waals surface area contributed by atoms with Gasteiger partial charge in [0, 0.05) is 18.6 Å². The highest BCUT2D eigenvalue weighted by molar-refractivity contribution is 5.31. The first kappa shape index (κ1) is 13.8. The standard InChI is InChI=1S/C13H21NO3/c1-13(9-14,10-15)7-8-17-12-5-3-11(16-2)4-6-12/h3-6,15H,7-10,14H2,1-2H3. The maximum absolute atomic E-state index is 9.20. The fourth-order valence-electron chi connectivity index (χ4n) is 1.33. The van der Waals surface area contributed by atoms with Crippen molar-refractivity contribution < 1.29 is 14.6 Å². The first-order valence-corrected chi connectivity index (χ1v) is 5.71. The third-order valence-electron chi connectivity index (χ3n) is 2.91. The number of nitrogens with two attached hydrogens (primary N) is 1. The van der Waals surface area contributed by atoms with Crippen LogP contribution in [0.2, 0.25) is 0 Å². The van der Waals surface area contributed by atoms with Crippen LogP contribution in [-0.4, -0.2) is 32.0 Å². The van der Waals surface area contributed by atoms with Gasteiger partial charge < -0.3 is 20.3 Å². The lowest BCUT2D eigenvalue weighted by atomic mass is 9.88. The number of hydrogen-bond acceptors (Lipinski definition) is 4. The number of benzene rings is 1. The fraction of sp³-hybridized carbons (Fsp3) is 0.538. The summed E-state index contributed by atoms with van der Waals surface area (Å²) in [5, 5.41) is 9.20. The van der Waals surface area contributed by atoms with E-state index in [1.807, 2.05) is 31.2 Å². The lowest BCUT2D eigenvalue weighted by molar-refractivity contribution is 0.119. The minimum Gasteiger partial charge on any atom is -0.497 e. The van der Waals surface area contributed by atoms with Crippen molar-refractivity contribution >= 4 is 0 Å². The molecule has 3 N–H and O–H groups in total. The van der Waals surface area contributed by atoms with Gasteiger partial charge in [-0.2, -0.15) is 0 Å². The molecule has 0 aliphatic heterocycles. The first-order valence-electron chi connectivity index (χ1n) is 5.71. The Morgan fingerprint density at radius 3 is 2.29 bits per heavy atom. The molecular formula is C13H21NO3. The van der Waals surface area contributed by atoms with Crippen LogP contribution in [0.3, 0.4) is 0 Å². The topological polar surface area (TPSA) is 64.7 Å². The van der Waals surface area contributed by atoms with E-state index in [-0.39, 0.29) is 12.0 Å². The van der Waals surface area contributed by atoms with Crippen molar-refractivity contribution in [1.29, 1.82) is 0 Å². The molecule has 17 heavy (non-hydrogen) atoms. The first-order chi connectivity index (χ1) is 8.13. The molecule has 4 nitrogen and oxygen atoms in total. The van der Waals surface area contributed by atoms with E-state index in [0.29, 0.717) is 13.2 Å².